The molecule has 0 aromatic carbocycles. The molecule has 0 aromatic rings. The Balaban J connectivity index is 0.00000164. The van der Waals surface area contributed by atoms with E-state index in [2.05, 4.69) is 37.3 Å². The lowest BCUT2D eigenvalue weighted by Crippen LogP contribution is -2.29. The molecule has 0 spiro atoms. The van der Waals surface area contributed by atoms with Gasteiger partial charge in [-0.05, 0) is 103 Å². The normalized spacial score (nSPS) is 14.6. The van der Waals surface area contributed by atoms with E-state index in [4.69, 9.17) is 14.2 Å². The van der Waals surface area contributed by atoms with Gasteiger partial charge in [0.05, 0.1) is 12.2 Å². The van der Waals surface area contributed by atoms with E-state index in [1.165, 1.54) is 212 Å². The van der Waals surface area contributed by atoms with Crippen molar-refractivity contribution in [2.45, 2.75) is 290 Å². The van der Waals surface area contributed by atoms with Crippen LogP contribution in [0.1, 0.15) is 272 Å². The number of rotatable bonds is 47. The van der Waals surface area contributed by atoms with Gasteiger partial charge in [0.2, 0.25) is 0 Å². The van der Waals surface area contributed by atoms with E-state index in [0.717, 1.165) is 63.8 Å². The highest BCUT2D eigenvalue weighted by Gasteiger charge is 2.14. The zero-order chi connectivity index (χ0) is 45.2. The predicted octanol–water partition coefficient (Wildman–Crippen LogP) is 15.9. The molecule has 62 heavy (non-hydrogen) atoms. The number of carbonyl (C=O) groups is 2. The van der Waals surface area contributed by atoms with E-state index in [1.807, 2.05) is 19.1 Å². The summed E-state index contributed by atoms with van der Waals surface area (Å²) in [6.07, 6.45) is 49.0. The Morgan fingerprint density at radius 1 is 0.629 bits per heavy atom. The van der Waals surface area contributed by atoms with Crippen LogP contribution in [0.3, 0.4) is 0 Å². The largest absolute Gasteiger partial charge is 0.462 e. The molecular weight excluding hydrogens is 789 g/mol. The van der Waals surface area contributed by atoms with Crippen LogP contribution in [0.4, 0.5) is 0 Å². The van der Waals surface area contributed by atoms with Crippen molar-refractivity contribution < 1.29 is 23.8 Å². The Morgan fingerprint density at radius 2 is 1.11 bits per heavy atom. The first-order valence-corrected chi connectivity index (χ1v) is 28.4. The zero-order valence-corrected chi connectivity index (χ0v) is 43.1. The first kappa shape index (κ1) is 61.3. The van der Waals surface area contributed by atoms with Crippen molar-refractivity contribution in [3.63, 3.8) is 0 Å². The number of hydrogen-bond donors (Lipinski definition) is 1. The molecule has 1 aliphatic heterocycles. The summed E-state index contributed by atoms with van der Waals surface area (Å²) in [4.78, 5) is 25.5. The second-order valence-corrected chi connectivity index (χ2v) is 19.6. The van der Waals surface area contributed by atoms with E-state index in [9.17, 15) is 9.59 Å². The molecule has 0 amide bonds. The summed E-state index contributed by atoms with van der Waals surface area (Å²) in [5, 5.41) is 0. The second-order valence-electron chi connectivity index (χ2n) is 18.7. The van der Waals surface area contributed by atoms with Gasteiger partial charge < -0.3 is 23.9 Å². The molecule has 8 heteroatoms. The van der Waals surface area contributed by atoms with Crippen LogP contribution in [0.25, 0.3) is 0 Å². The molecule has 2 unspecified atom stereocenters. The average Bonchev–Trinajstić information content (AvgIpc) is 3.29. The van der Waals surface area contributed by atoms with Crippen molar-refractivity contribution in [3.05, 3.63) is 0 Å². The predicted molar refractivity (Wildman–Crippen MR) is 272 cm³/mol. The highest BCUT2D eigenvalue weighted by Crippen LogP contribution is 2.18. The van der Waals surface area contributed by atoms with Gasteiger partial charge in [-0.2, -0.15) is 0 Å². The van der Waals surface area contributed by atoms with Gasteiger partial charge >= 0.3 is 5.97 Å². The molecule has 0 aromatic heterocycles. The second kappa shape index (κ2) is 51.3. The minimum absolute atomic E-state index is 0.00760. The Bertz CT molecular complexity index is 875. The van der Waals surface area contributed by atoms with Crippen LogP contribution >= 0.6 is 11.9 Å². The molecule has 1 fully saturated rings. The SMILES string of the molecule is CCCCCCCCC(CC)OC(=O)CCCCCCCN(CCCCCCCC=O)CCCNSCC1CCCCO1.CCCCCCCCC(CCCCCCCC)OC. The third-order valence-corrected chi connectivity index (χ3v) is 13.7. The molecule has 0 radical (unpaired) electrons. The molecule has 1 rings (SSSR count). The fourth-order valence-corrected chi connectivity index (χ4v) is 9.39. The zero-order valence-electron chi connectivity index (χ0n) is 42.3. The number of ether oxygens (including phenoxy) is 3. The first-order valence-electron chi connectivity index (χ1n) is 27.4. The van der Waals surface area contributed by atoms with Crippen LogP contribution in [0, 0.1) is 0 Å². The molecule has 1 saturated heterocycles. The van der Waals surface area contributed by atoms with Crippen molar-refractivity contribution in [2.24, 2.45) is 0 Å². The first-order chi connectivity index (χ1) is 30.5. The van der Waals surface area contributed by atoms with Gasteiger partial charge in [0.15, 0.2) is 0 Å². The number of unbranched alkanes of at least 4 members (excludes halogenated alkanes) is 24. The Hall–Kier alpha value is -0.670. The fraction of sp³-hybridized carbons (Fsp3) is 0.963. The van der Waals surface area contributed by atoms with Crippen LogP contribution in [-0.2, 0) is 23.8 Å². The molecular formula is C54H108N2O5S. The lowest BCUT2D eigenvalue weighted by Gasteiger charge is -2.23. The smallest absolute Gasteiger partial charge is 0.306 e. The summed E-state index contributed by atoms with van der Waals surface area (Å²) in [5.41, 5.74) is 0. The van der Waals surface area contributed by atoms with Crippen molar-refractivity contribution in [1.29, 1.82) is 0 Å². The number of nitrogens with one attached hydrogen (secondary N) is 1. The van der Waals surface area contributed by atoms with Crippen molar-refractivity contribution in [2.75, 3.05) is 45.6 Å². The van der Waals surface area contributed by atoms with Crippen molar-refractivity contribution in [1.82, 2.24) is 9.62 Å². The number of carbonyl (C=O) groups excluding carboxylic acids is 2. The van der Waals surface area contributed by atoms with E-state index >= 15 is 0 Å². The minimum atomic E-state index is 0.00760. The summed E-state index contributed by atoms with van der Waals surface area (Å²) < 4.78 is 20.8. The lowest BCUT2D eigenvalue weighted by molar-refractivity contribution is -0.149. The lowest BCUT2D eigenvalue weighted by atomic mass is 10.0. The number of esters is 1. The molecule has 2 atom stereocenters. The maximum absolute atomic E-state index is 12.4. The Kier molecular flexibility index (Phi) is 50.8. The number of methoxy groups -OCH3 is 1. The van der Waals surface area contributed by atoms with Gasteiger partial charge in [-0.3, -0.25) is 9.52 Å². The number of aldehydes is 1. The van der Waals surface area contributed by atoms with E-state index in [0.29, 0.717) is 25.0 Å². The standard InChI is InChI=1S/C36H70N2O4S.C18H38O/c1-3-5-6-7-11-16-24-34(4-2)42-36(40)26-17-12-10-14-20-29-38(28-19-13-8-9-15-21-31-39)30-23-27-37-43-33-35-25-18-22-32-41-35;1-4-6-8-10-12-14-16-18(19-3)17-15-13-11-9-7-5-2/h31,34-35,37H,3-30,32-33H2,1-2H3;18H,4-17H2,1-3H3. The highest BCUT2D eigenvalue weighted by molar-refractivity contribution is 7.97. The quantitative estimate of drug-likeness (QED) is 0.0280. The van der Waals surface area contributed by atoms with Gasteiger partial charge in [0.25, 0.3) is 0 Å². The Morgan fingerprint density at radius 3 is 1.61 bits per heavy atom. The molecule has 7 nitrogen and oxygen atoms in total. The molecule has 1 aliphatic rings. The number of hydrogen-bond acceptors (Lipinski definition) is 8. The van der Waals surface area contributed by atoms with Crippen LogP contribution in [0.15, 0.2) is 0 Å². The third-order valence-electron chi connectivity index (χ3n) is 12.8. The number of nitrogens with zero attached hydrogens (tertiary/aromatic N) is 1. The molecule has 0 saturated carbocycles. The van der Waals surface area contributed by atoms with Crippen LogP contribution in [0.2, 0.25) is 0 Å². The summed E-state index contributed by atoms with van der Waals surface area (Å²) in [7, 11) is 1.89. The topological polar surface area (TPSA) is 77.1 Å². The molecule has 1 heterocycles. The summed E-state index contributed by atoms with van der Waals surface area (Å²) in [6.45, 7) is 14.4. The average molecular weight is 898 g/mol. The van der Waals surface area contributed by atoms with E-state index in [-0.39, 0.29) is 12.1 Å². The van der Waals surface area contributed by atoms with Crippen LogP contribution in [0.5, 0.6) is 0 Å². The van der Waals surface area contributed by atoms with Crippen LogP contribution < -0.4 is 4.72 Å². The van der Waals surface area contributed by atoms with E-state index in [1.54, 1.807) is 0 Å². The van der Waals surface area contributed by atoms with Gasteiger partial charge in [-0.1, -0.05) is 187 Å². The van der Waals surface area contributed by atoms with Gasteiger partial charge in [-0.25, -0.2) is 0 Å². The molecule has 0 bridgehead atoms. The third kappa shape index (κ3) is 44.5. The van der Waals surface area contributed by atoms with Gasteiger partial charge in [-0.15, -0.1) is 0 Å². The minimum Gasteiger partial charge on any atom is -0.462 e. The Labute approximate surface area is 391 Å². The van der Waals surface area contributed by atoms with Gasteiger partial charge in [0, 0.05) is 38.9 Å². The maximum atomic E-state index is 12.4. The summed E-state index contributed by atoms with van der Waals surface area (Å²) in [5.74, 6) is 1.07. The fourth-order valence-electron chi connectivity index (χ4n) is 8.53. The van der Waals surface area contributed by atoms with Crippen molar-refractivity contribution >= 4 is 24.2 Å². The monoisotopic (exact) mass is 897 g/mol. The summed E-state index contributed by atoms with van der Waals surface area (Å²) >= 11 is 1.83. The molecule has 0 aliphatic carbocycles. The van der Waals surface area contributed by atoms with Crippen LogP contribution in [-0.4, -0.2) is 81.1 Å². The summed E-state index contributed by atoms with van der Waals surface area (Å²) in [6, 6.07) is 0. The highest BCUT2D eigenvalue weighted by atomic mass is 32.2. The van der Waals surface area contributed by atoms with E-state index < -0.39 is 0 Å². The maximum Gasteiger partial charge on any atom is 0.306 e. The van der Waals surface area contributed by atoms with Gasteiger partial charge in [0.1, 0.15) is 12.4 Å². The molecule has 370 valence electrons. The van der Waals surface area contributed by atoms with Crippen molar-refractivity contribution in [3.8, 4) is 0 Å². The molecule has 1 N–H and O–H groups in total.